The van der Waals surface area contributed by atoms with Crippen molar-refractivity contribution < 1.29 is 17.9 Å². The highest BCUT2D eigenvalue weighted by molar-refractivity contribution is 7.89. The van der Waals surface area contributed by atoms with Gasteiger partial charge in [0.25, 0.3) is 0 Å². The molecule has 1 atom stereocenters. The first-order chi connectivity index (χ1) is 13.0. The van der Waals surface area contributed by atoms with Gasteiger partial charge in [0.15, 0.2) is 0 Å². The van der Waals surface area contributed by atoms with Crippen LogP contribution in [0.25, 0.3) is 0 Å². The van der Waals surface area contributed by atoms with Gasteiger partial charge in [-0.2, -0.15) is 0 Å². The third kappa shape index (κ3) is 5.07. The number of benzene rings is 2. The summed E-state index contributed by atoms with van der Waals surface area (Å²) in [5.74, 6) is 0.339. The fourth-order valence-electron chi connectivity index (χ4n) is 3.18. The van der Waals surface area contributed by atoms with Crippen molar-refractivity contribution in [3.05, 3.63) is 59.7 Å². The van der Waals surface area contributed by atoms with Crippen LogP contribution in [-0.4, -0.2) is 53.3 Å². The Hall–Kier alpha value is -1.93. The molecule has 0 amide bonds. The Morgan fingerprint density at radius 3 is 2.52 bits per heavy atom. The molecule has 1 saturated heterocycles. The lowest BCUT2D eigenvalue weighted by Gasteiger charge is -2.31. The van der Waals surface area contributed by atoms with E-state index in [2.05, 4.69) is 9.62 Å². The molecule has 0 bridgehead atoms. The van der Waals surface area contributed by atoms with E-state index in [1.807, 2.05) is 43.3 Å². The summed E-state index contributed by atoms with van der Waals surface area (Å²) in [6, 6.07) is 14.4. The fraction of sp³-hybridized carbons (Fsp3) is 0.400. The summed E-state index contributed by atoms with van der Waals surface area (Å²) in [6.07, 6.45) is 0. The van der Waals surface area contributed by atoms with E-state index < -0.39 is 10.0 Å². The Kier molecular flexibility index (Phi) is 6.49. The maximum absolute atomic E-state index is 13.2. The summed E-state index contributed by atoms with van der Waals surface area (Å²) in [6.45, 7) is 5.36. The van der Waals surface area contributed by atoms with Gasteiger partial charge < -0.3 is 9.47 Å². The second-order valence-corrected chi connectivity index (χ2v) is 8.33. The van der Waals surface area contributed by atoms with Crippen molar-refractivity contribution in [2.75, 3.05) is 40.0 Å². The molecule has 0 aliphatic carbocycles. The predicted molar refractivity (Wildman–Crippen MR) is 104 cm³/mol. The van der Waals surface area contributed by atoms with E-state index in [1.54, 1.807) is 12.1 Å². The van der Waals surface area contributed by atoms with Crippen molar-refractivity contribution in [3.8, 4) is 5.75 Å². The normalized spacial score (nSPS) is 16.8. The van der Waals surface area contributed by atoms with Crippen LogP contribution in [0.1, 0.15) is 17.2 Å². The standard InChI is InChI=1S/C20H26N2O4S/c1-16-8-9-19(25-2)20(14-16)27(23,24)21-18(17-6-4-3-5-7-17)15-22-10-12-26-13-11-22/h3-9,14,18,21H,10-13,15H2,1-2H3/t18-/m0/s1. The number of methoxy groups -OCH3 is 1. The monoisotopic (exact) mass is 390 g/mol. The number of nitrogens with one attached hydrogen (secondary N) is 1. The molecule has 1 heterocycles. The molecule has 1 fully saturated rings. The van der Waals surface area contributed by atoms with E-state index in [-0.39, 0.29) is 10.9 Å². The van der Waals surface area contributed by atoms with Crippen molar-refractivity contribution in [1.29, 1.82) is 0 Å². The van der Waals surface area contributed by atoms with E-state index in [1.165, 1.54) is 7.11 Å². The average molecular weight is 391 g/mol. The van der Waals surface area contributed by atoms with Gasteiger partial charge in [-0.15, -0.1) is 0 Å². The molecule has 1 aliphatic heterocycles. The van der Waals surface area contributed by atoms with Crippen molar-refractivity contribution in [2.24, 2.45) is 0 Å². The first kappa shape index (κ1) is 19.8. The summed E-state index contributed by atoms with van der Waals surface area (Å²) in [5.41, 5.74) is 1.79. The van der Waals surface area contributed by atoms with Gasteiger partial charge in [0, 0.05) is 19.6 Å². The molecule has 0 aromatic heterocycles. The Balaban J connectivity index is 1.89. The Labute approximate surface area is 161 Å². The Bertz CT molecular complexity index is 850. The SMILES string of the molecule is COc1ccc(C)cc1S(=O)(=O)N[C@@H](CN1CCOCC1)c1ccccc1. The van der Waals surface area contributed by atoms with Gasteiger partial charge in [0.05, 0.1) is 26.4 Å². The van der Waals surface area contributed by atoms with Crippen molar-refractivity contribution in [2.45, 2.75) is 17.9 Å². The minimum atomic E-state index is -3.76. The average Bonchev–Trinajstić information content (AvgIpc) is 2.69. The highest BCUT2D eigenvalue weighted by atomic mass is 32.2. The van der Waals surface area contributed by atoms with Crippen LogP contribution >= 0.6 is 0 Å². The first-order valence-corrected chi connectivity index (χ1v) is 10.5. The third-order valence-electron chi connectivity index (χ3n) is 4.65. The number of ether oxygens (including phenoxy) is 2. The third-order valence-corrected chi connectivity index (χ3v) is 6.15. The largest absolute Gasteiger partial charge is 0.495 e. The molecular formula is C20H26N2O4S. The smallest absolute Gasteiger partial charge is 0.244 e. The van der Waals surface area contributed by atoms with Crippen LogP contribution in [-0.2, 0) is 14.8 Å². The Morgan fingerprint density at radius 1 is 1.15 bits per heavy atom. The summed E-state index contributed by atoms with van der Waals surface area (Å²) >= 11 is 0. The van der Waals surface area contributed by atoms with E-state index in [0.29, 0.717) is 25.5 Å². The fourth-order valence-corrected chi connectivity index (χ4v) is 4.65. The van der Waals surface area contributed by atoms with Gasteiger partial charge >= 0.3 is 0 Å². The molecule has 0 unspecified atom stereocenters. The highest BCUT2D eigenvalue weighted by Gasteiger charge is 2.26. The summed E-state index contributed by atoms with van der Waals surface area (Å²) in [4.78, 5) is 2.38. The van der Waals surface area contributed by atoms with E-state index in [0.717, 1.165) is 24.2 Å². The van der Waals surface area contributed by atoms with Crippen LogP contribution in [0.2, 0.25) is 0 Å². The zero-order valence-corrected chi connectivity index (χ0v) is 16.5. The van der Waals surface area contributed by atoms with Crippen LogP contribution in [0.3, 0.4) is 0 Å². The molecule has 3 rings (SSSR count). The quantitative estimate of drug-likeness (QED) is 0.786. The number of hydrogen-bond acceptors (Lipinski definition) is 5. The van der Waals surface area contributed by atoms with Crippen LogP contribution in [0, 0.1) is 6.92 Å². The molecule has 1 aliphatic rings. The van der Waals surface area contributed by atoms with Crippen molar-refractivity contribution >= 4 is 10.0 Å². The Morgan fingerprint density at radius 2 is 1.85 bits per heavy atom. The lowest BCUT2D eigenvalue weighted by molar-refractivity contribution is 0.0345. The molecular weight excluding hydrogens is 364 g/mol. The van der Waals surface area contributed by atoms with Gasteiger partial charge in [0.2, 0.25) is 10.0 Å². The molecule has 1 N–H and O–H groups in total. The van der Waals surface area contributed by atoms with Gasteiger partial charge in [-0.1, -0.05) is 36.4 Å². The van der Waals surface area contributed by atoms with Gasteiger partial charge in [-0.05, 0) is 30.2 Å². The van der Waals surface area contributed by atoms with Crippen LogP contribution in [0.15, 0.2) is 53.4 Å². The summed E-state index contributed by atoms with van der Waals surface area (Å²) < 4.78 is 39.9. The second kappa shape index (κ2) is 8.84. The summed E-state index contributed by atoms with van der Waals surface area (Å²) in [7, 11) is -2.28. The zero-order chi connectivity index (χ0) is 19.3. The molecule has 7 heteroatoms. The second-order valence-electron chi connectivity index (χ2n) is 6.65. The van der Waals surface area contributed by atoms with Crippen LogP contribution in [0.4, 0.5) is 0 Å². The molecule has 0 radical (unpaired) electrons. The maximum atomic E-state index is 13.2. The van der Waals surface area contributed by atoms with Crippen LogP contribution < -0.4 is 9.46 Å². The first-order valence-electron chi connectivity index (χ1n) is 9.01. The number of aryl methyl sites for hydroxylation is 1. The zero-order valence-electron chi connectivity index (χ0n) is 15.7. The minimum Gasteiger partial charge on any atom is -0.495 e. The number of rotatable bonds is 7. The van der Waals surface area contributed by atoms with Crippen molar-refractivity contribution in [1.82, 2.24) is 9.62 Å². The molecule has 27 heavy (non-hydrogen) atoms. The van der Waals surface area contributed by atoms with Gasteiger partial charge in [0.1, 0.15) is 10.6 Å². The highest BCUT2D eigenvalue weighted by Crippen LogP contribution is 2.27. The topological polar surface area (TPSA) is 67.9 Å². The molecule has 0 saturated carbocycles. The van der Waals surface area contributed by atoms with E-state index in [9.17, 15) is 8.42 Å². The molecule has 2 aromatic carbocycles. The van der Waals surface area contributed by atoms with E-state index in [4.69, 9.17) is 9.47 Å². The van der Waals surface area contributed by atoms with Crippen molar-refractivity contribution in [3.63, 3.8) is 0 Å². The van der Waals surface area contributed by atoms with E-state index >= 15 is 0 Å². The summed E-state index contributed by atoms with van der Waals surface area (Å²) in [5, 5.41) is 0. The minimum absolute atomic E-state index is 0.160. The van der Waals surface area contributed by atoms with Gasteiger partial charge in [-0.25, -0.2) is 13.1 Å². The molecule has 2 aromatic rings. The predicted octanol–water partition coefficient (Wildman–Crippen LogP) is 2.36. The number of sulfonamides is 1. The maximum Gasteiger partial charge on any atom is 0.244 e. The number of morpholine rings is 1. The molecule has 6 nitrogen and oxygen atoms in total. The van der Waals surface area contributed by atoms with Gasteiger partial charge in [-0.3, -0.25) is 4.90 Å². The van der Waals surface area contributed by atoms with Crippen LogP contribution in [0.5, 0.6) is 5.75 Å². The lowest BCUT2D eigenvalue weighted by atomic mass is 10.1. The number of hydrogen-bond donors (Lipinski definition) is 1. The number of nitrogens with zero attached hydrogens (tertiary/aromatic N) is 1. The molecule has 146 valence electrons. The lowest BCUT2D eigenvalue weighted by Crippen LogP contribution is -2.43. The molecule has 0 spiro atoms.